The Morgan fingerprint density at radius 1 is 1.12 bits per heavy atom. The van der Waals surface area contributed by atoms with Gasteiger partial charge < -0.3 is 14.6 Å². The first kappa shape index (κ1) is 15.4. The SMILES string of the molecule is O=C(O)[C@@H]1CC[C@H](C(=O)N2CCn3cccc3C2c2cccs2)C1. The summed E-state index contributed by atoms with van der Waals surface area (Å²) >= 11 is 1.66. The maximum Gasteiger partial charge on any atom is 0.306 e. The molecule has 0 radical (unpaired) electrons. The highest BCUT2D eigenvalue weighted by Gasteiger charge is 2.40. The number of amides is 1. The highest BCUT2D eigenvalue weighted by atomic mass is 32.1. The molecule has 126 valence electrons. The second kappa shape index (κ2) is 6.09. The van der Waals surface area contributed by atoms with Gasteiger partial charge in [0.15, 0.2) is 0 Å². The second-order valence-corrected chi connectivity index (χ2v) is 7.60. The minimum absolute atomic E-state index is 0.0508. The highest BCUT2D eigenvalue weighted by molar-refractivity contribution is 7.10. The zero-order chi connectivity index (χ0) is 16.7. The van der Waals surface area contributed by atoms with Crippen molar-refractivity contribution in [3.8, 4) is 0 Å². The van der Waals surface area contributed by atoms with Crippen molar-refractivity contribution < 1.29 is 14.7 Å². The highest BCUT2D eigenvalue weighted by Crippen LogP contribution is 2.39. The molecular weight excluding hydrogens is 324 g/mol. The minimum Gasteiger partial charge on any atom is -0.481 e. The number of aliphatic carboxylic acids is 1. The lowest BCUT2D eigenvalue weighted by molar-refractivity contribution is -0.142. The van der Waals surface area contributed by atoms with E-state index >= 15 is 0 Å². The molecule has 1 N–H and O–H groups in total. The normalized spacial score (nSPS) is 26.3. The predicted molar refractivity (Wildman–Crippen MR) is 90.8 cm³/mol. The van der Waals surface area contributed by atoms with Gasteiger partial charge in [-0.15, -0.1) is 11.3 Å². The van der Waals surface area contributed by atoms with E-state index in [-0.39, 0.29) is 23.8 Å². The fourth-order valence-electron chi connectivity index (χ4n) is 4.03. The van der Waals surface area contributed by atoms with Crippen molar-refractivity contribution in [1.29, 1.82) is 0 Å². The fourth-order valence-corrected chi connectivity index (χ4v) is 4.88. The first-order valence-electron chi connectivity index (χ1n) is 8.37. The third kappa shape index (κ3) is 2.55. The number of nitrogens with zero attached hydrogens (tertiary/aromatic N) is 2. The van der Waals surface area contributed by atoms with Gasteiger partial charge in [-0.2, -0.15) is 0 Å². The molecule has 0 bridgehead atoms. The Hall–Kier alpha value is -2.08. The van der Waals surface area contributed by atoms with Crippen LogP contribution in [-0.2, 0) is 16.1 Å². The summed E-state index contributed by atoms with van der Waals surface area (Å²) < 4.78 is 2.21. The molecule has 6 heteroatoms. The fraction of sp³-hybridized carbons (Fsp3) is 0.444. The van der Waals surface area contributed by atoms with Crippen molar-refractivity contribution in [1.82, 2.24) is 9.47 Å². The monoisotopic (exact) mass is 344 g/mol. The largest absolute Gasteiger partial charge is 0.481 e. The maximum absolute atomic E-state index is 13.1. The van der Waals surface area contributed by atoms with E-state index in [2.05, 4.69) is 22.9 Å². The molecule has 3 heterocycles. The minimum atomic E-state index is -0.771. The van der Waals surface area contributed by atoms with Crippen LogP contribution in [0.2, 0.25) is 0 Å². The molecule has 24 heavy (non-hydrogen) atoms. The smallest absolute Gasteiger partial charge is 0.306 e. The Morgan fingerprint density at radius 3 is 2.67 bits per heavy atom. The average molecular weight is 344 g/mol. The zero-order valence-electron chi connectivity index (χ0n) is 13.3. The average Bonchev–Trinajstić information content (AvgIpc) is 3.33. The number of rotatable bonds is 3. The third-order valence-corrected chi connectivity index (χ3v) is 6.19. The van der Waals surface area contributed by atoms with Crippen LogP contribution >= 0.6 is 11.3 Å². The van der Waals surface area contributed by atoms with Gasteiger partial charge in [-0.1, -0.05) is 6.07 Å². The molecule has 0 spiro atoms. The second-order valence-electron chi connectivity index (χ2n) is 6.62. The number of aromatic nitrogens is 1. The van der Waals surface area contributed by atoms with Crippen molar-refractivity contribution in [2.45, 2.75) is 31.8 Å². The number of carboxylic acids is 1. The lowest BCUT2D eigenvalue weighted by Crippen LogP contribution is -2.44. The summed E-state index contributed by atoms with van der Waals surface area (Å²) in [6.45, 7) is 1.47. The van der Waals surface area contributed by atoms with E-state index in [1.54, 1.807) is 11.3 Å². The third-order valence-electron chi connectivity index (χ3n) is 5.27. The maximum atomic E-state index is 13.1. The molecular formula is C18H20N2O3S. The summed E-state index contributed by atoms with van der Waals surface area (Å²) in [7, 11) is 0. The molecule has 1 amide bonds. The molecule has 1 unspecified atom stereocenters. The molecule has 1 aliphatic heterocycles. The van der Waals surface area contributed by atoms with Gasteiger partial charge in [-0.05, 0) is 42.8 Å². The van der Waals surface area contributed by atoms with Crippen LogP contribution in [0.1, 0.15) is 35.9 Å². The van der Waals surface area contributed by atoms with Crippen LogP contribution in [0, 0.1) is 11.8 Å². The van der Waals surface area contributed by atoms with Crippen LogP contribution in [0.3, 0.4) is 0 Å². The lowest BCUT2D eigenvalue weighted by Gasteiger charge is -2.38. The van der Waals surface area contributed by atoms with Crippen LogP contribution in [0.5, 0.6) is 0 Å². The van der Waals surface area contributed by atoms with E-state index in [9.17, 15) is 14.7 Å². The van der Waals surface area contributed by atoms with Crippen molar-refractivity contribution >= 4 is 23.2 Å². The molecule has 5 nitrogen and oxygen atoms in total. The first-order chi connectivity index (χ1) is 11.6. The first-order valence-corrected chi connectivity index (χ1v) is 9.25. The van der Waals surface area contributed by atoms with Gasteiger partial charge in [0, 0.05) is 35.8 Å². The Morgan fingerprint density at radius 2 is 1.96 bits per heavy atom. The van der Waals surface area contributed by atoms with Gasteiger partial charge >= 0.3 is 5.97 Å². The van der Waals surface area contributed by atoms with E-state index in [0.717, 1.165) is 17.1 Å². The lowest BCUT2D eigenvalue weighted by atomic mass is 10.00. The van der Waals surface area contributed by atoms with Crippen LogP contribution in [0.15, 0.2) is 35.8 Å². The van der Waals surface area contributed by atoms with Gasteiger partial charge in [0.25, 0.3) is 0 Å². The van der Waals surface area contributed by atoms with Gasteiger partial charge in [0.1, 0.15) is 6.04 Å². The van der Waals surface area contributed by atoms with E-state index in [4.69, 9.17) is 0 Å². The van der Waals surface area contributed by atoms with Gasteiger partial charge in [0.2, 0.25) is 5.91 Å². The quantitative estimate of drug-likeness (QED) is 0.931. The number of carboxylic acid groups (broad SMARTS) is 1. The van der Waals surface area contributed by atoms with Crippen molar-refractivity contribution in [2.75, 3.05) is 6.54 Å². The zero-order valence-corrected chi connectivity index (χ0v) is 14.1. The van der Waals surface area contributed by atoms with Crippen LogP contribution < -0.4 is 0 Å². The number of carbonyl (C=O) groups is 2. The molecule has 4 rings (SSSR count). The van der Waals surface area contributed by atoms with Gasteiger partial charge in [0.05, 0.1) is 5.92 Å². The molecule has 2 aromatic rings. The van der Waals surface area contributed by atoms with E-state index in [1.165, 1.54) is 0 Å². The van der Waals surface area contributed by atoms with Crippen molar-refractivity contribution in [3.63, 3.8) is 0 Å². The van der Waals surface area contributed by atoms with Crippen LogP contribution in [0.25, 0.3) is 0 Å². The van der Waals surface area contributed by atoms with Gasteiger partial charge in [-0.25, -0.2) is 0 Å². The number of hydrogen-bond donors (Lipinski definition) is 1. The van der Waals surface area contributed by atoms with Crippen molar-refractivity contribution in [3.05, 3.63) is 46.4 Å². The van der Waals surface area contributed by atoms with E-state index < -0.39 is 5.97 Å². The number of hydrogen-bond acceptors (Lipinski definition) is 3. The predicted octanol–water partition coefficient (Wildman–Crippen LogP) is 2.98. The Balaban J connectivity index is 1.62. The standard InChI is InChI=1S/C18H20N2O3S/c21-17(12-5-6-13(11-12)18(22)23)20-9-8-19-7-1-3-14(19)16(20)15-4-2-10-24-15/h1-4,7,10,12-13,16H,5-6,8-9,11H2,(H,22,23)/t12-,13+,16?/m0/s1. The van der Waals surface area contributed by atoms with E-state index in [0.29, 0.717) is 25.8 Å². The molecule has 1 fully saturated rings. The van der Waals surface area contributed by atoms with Crippen molar-refractivity contribution in [2.24, 2.45) is 11.8 Å². The molecule has 2 aromatic heterocycles. The van der Waals surface area contributed by atoms with Gasteiger partial charge in [-0.3, -0.25) is 9.59 Å². The molecule has 1 aliphatic carbocycles. The van der Waals surface area contributed by atoms with Crippen LogP contribution in [-0.4, -0.2) is 33.0 Å². The molecule has 1 saturated carbocycles. The Kier molecular flexibility index (Phi) is 3.92. The Bertz CT molecular complexity index is 752. The molecule has 0 saturated heterocycles. The molecule has 2 aliphatic rings. The molecule has 3 atom stereocenters. The summed E-state index contributed by atoms with van der Waals surface area (Å²) in [6.07, 6.45) is 3.83. The van der Waals surface area contributed by atoms with E-state index in [1.807, 2.05) is 22.4 Å². The van der Waals surface area contributed by atoms with Crippen LogP contribution in [0.4, 0.5) is 0 Å². The number of fused-ring (bicyclic) bond motifs is 1. The topological polar surface area (TPSA) is 62.5 Å². The Labute approximate surface area is 144 Å². The number of thiophene rings is 1. The summed E-state index contributed by atoms with van der Waals surface area (Å²) in [5, 5.41) is 11.2. The summed E-state index contributed by atoms with van der Waals surface area (Å²) in [5.74, 6) is -1.18. The summed E-state index contributed by atoms with van der Waals surface area (Å²) in [6, 6.07) is 8.15. The number of carbonyl (C=O) groups excluding carboxylic acids is 1. The summed E-state index contributed by atoms with van der Waals surface area (Å²) in [4.78, 5) is 27.5. The molecule has 0 aromatic carbocycles. The summed E-state index contributed by atoms with van der Waals surface area (Å²) in [5.41, 5.74) is 1.14.